The average Bonchev–Trinajstić information content (AvgIpc) is 3.01. The van der Waals surface area contributed by atoms with Crippen molar-refractivity contribution >= 4 is 5.95 Å². The number of benzene rings is 2. The van der Waals surface area contributed by atoms with Crippen molar-refractivity contribution < 1.29 is 9.47 Å². The van der Waals surface area contributed by atoms with Crippen LogP contribution in [-0.2, 0) is 13.6 Å². The molecule has 124 valence electrons. The Bertz CT molecular complexity index is 810. The Kier molecular flexibility index (Phi) is 4.70. The summed E-state index contributed by atoms with van der Waals surface area (Å²) in [6.45, 7) is 0.701. The molecule has 1 aromatic heterocycles. The van der Waals surface area contributed by atoms with Gasteiger partial charge < -0.3 is 19.4 Å². The summed E-state index contributed by atoms with van der Waals surface area (Å²) in [6.07, 6.45) is 1.87. The van der Waals surface area contributed by atoms with Gasteiger partial charge in [-0.05, 0) is 29.8 Å². The molecule has 2 aromatic carbocycles. The number of aromatic nitrogens is 2. The molecule has 1 N–H and O–H groups in total. The highest BCUT2D eigenvalue weighted by Crippen LogP contribution is 2.25. The number of nitrogens with one attached hydrogen (secondary N) is 1. The maximum atomic E-state index is 5.29. The molecule has 0 amide bonds. The third kappa shape index (κ3) is 3.35. The number of anilines is 1. The highest BCUT2D eigenvalue weighted by atomic mass is 16.5. The minimum absolute atomic E-state index is 0.701. The van der Waals surface area contributed by atoms with Crippen LogP contribution in [0.4, 0.5) is 5.95 Å². The molecule has 0 atom stereocenters. The van der Waals surface area contributed by atoms with Crippen LogP contribution < -0.4 is 14.8 Å². The third-order valence-electron chi connectivity index (χ3n) is 3.96. The first-order chi connectivity index (χ1) is 11.7. The Balaban J connectivity index is 1.74. The first kappa shape index (κ1) is 15.9. The van der Waals surface area contributed by atoms with Gasteiger partial charge in [-0.1, -0.05) is 24.3 Å². The molecule has 1 heterocycles. The fraction of sp³-hybridized carbons (Fsp3) is 0.211. The van der Waals surface area contributed by atoms with Crippen LogP contribution in [0.25, 0.3) is 11.3 Å². The summed E-state index contributed by atoms with van der Waals surface area (Å²) < 4.78 is 12.5. The Morgan fingerprint density at radius 3 is 2.46 bits per heavy atom. The number of hydrogen-bond donors (Lipinski definition) is 1. The summed E-state index contributed by atoms with van der Waals surface area (Å²) in [7, 11) is 5.34. The van der Waals surface area contributed by atoms with Gasteiger partial charge in [-0.15, -0.1) is 0 Å². The van der Waals surface area contributed by atoms with E-state index in [0.29, 0.717) is 6.54 Å². The maximum absolute atomic E-state index is 5.29. The van der Waals surface area contributed by atoms with Gasteiger partial charge in [0.15, 0.2) is 0 Å². The van der Waals surface area contributed by atoms with Crippen molar-refractivity contribution in [1.29, 1.82) is 0 Å². The van der Waals surface area contributed by atoms with E-state index in [2.05, 4.69) is 10.3 Å². The second-order valence-corrected chi connectivity index (χ2v) is 5.46. The zero-order valence-electron chi connectivity index (χ0n) is 14.1. The van der Waals surface area contributed by atoms with Crippen LogP contribution in [0.3, 0.4) is 0 Å². The van der Waals surface area contributed by atoms with E-state index >= 15 is 0 Å². The lowest BCUT2D eigenvalue weighted by Gasteiger charge is -2.09. The van der Waals surface area contributed by atoms with E-state index in [1.165, 1.54) is 5.56 Å². The summed E-state index contributed by atoms with van der Waals surface area (Å²) in [6, 6.07) is 16.0. The molecule has 5 heteroatoms. The molecule has 5 nitrogen and oxygen atoms in total. The highest BCUT2D eigenvalue weighted by Gasteiger charge is 2.09. The first-order valence-corrected chi connectivity index (χ1v) is 7.74. The summed E-state index contributed by atoms with van der Waals surface area (Å²) in [5.74, 6) is 2.51. The second kappa shape index (κ2) is 7.08. The Hall–Kier alpha value is -2.95. The predicted molar refractivity (Wildman–Crippen MR) is 95.5 cm³/mol. The van der Waals surface area contributed by atoms with Crippen molar-refractivity contribution in [2.45, 2.75) is 6.54 Å². The van der Waals surface area contributed by atoms with Gasteiger partial charge >= 0.3 is 0 Å². The van der Waals surface area contributed by atoms with Gasteiger partial charge in [0.25, 0.3) is 0 Å². The molecule has 0 unspecified atom stereocenters. The van der Waals surface area contributed by atoms with Gasteiger partial charge in [0.1, 0.15) is 11.5 Å². The quantitative estimate of drug-likeness (QED) is 0.751. The summed E-state index contributed by atoms with van der Waals surface area (Å²) in [5, 5.41) is 3.37. The first-order valence-electron chi connectivity index (χ1n) is 7.74. The molecular weight excluding hydrogens is 302 g/mol. The largest absolute Gasteiger partial charge is 0.497 e. The number of nitrogens with zero attached hydrogens (tertiary/aromatic N) is 2. The molecule has 0 saturated carbocycles. The molecule has 3 aromatic rings. The minimum atomic E-state index is 0.701. The summed E-state index contributed by atoms with van der Waals surface area (Å²) in [4.78, 5) is 4.48. The molecular formula is C19H21N3O2. The van der Waals surface area contributed by atoms with E-state index in [4.69, 9.17) is 9.47 Å². The van der Waals surface area contributed by atoms with Gasteiger partial charge in [-0.25, -0.2) is 4.98 Å². The van der Waals surface area contributed by atoms with Crippen molar-refractivity contribution in [2.24, 2.45) is 7.05 Å². The van der Waals surface area contributed by atoms with Crippen molar-refractivity contribution in [3.8, 4) is 22.8 Å². The highest BCUT2D eigenvalue weighted by molar-refractivity contribution is 5.63. The van der Waals surface area contributed by atoms with E-state index in [0.717, 1.165) is 28.7 Å². The smallest absolute Gasteiger partial charge is 0.203 e. The SMILES string of the molecule is COc1ccc(CNc2ncc(-c3cccc(OC)c3)n2C)cc1. The van der Waals surface area contributed by atoms with Crippen LogP contribution in [0.1, 0.15) is 5.56 Å². The van der Waals surface area contributed by atoms with Crippen LogP contribution in [-0.4, -0.2) is 23.8 Å². The molecule has 0 aliphatic heterocycles. The average molecular weight is 323 g/mol. The number of imidazole rings is 1. The lowest BCUT2D eigenvalue weighted by atomic mass is 10.1. The lowest BCUT2D eigenvalue weighted by molar-refractivity contribution is 0.414. The number of methoxy groups -OCH3 is 2. The van der Waals surface area contributed by atoms with E-state index in [1.807, 2.05) is 66.3 Å². The molecule has 24 heavy (non-hydrogen) atoms. The molecule has 3 rings (SSSR count). The molecule has 0 bridgehead atoms. The third-order valence-corrected chi connectivity index (χ3v) is 3.96. The van der Waals surface area contributed by atoms with Crippen LogP contribution in [0.15, 0.2) is 54.7 Å². The number of rotatable bonds is 6. The maximum Gasteiger partial charge on any atom is 0.203 e. The predicted octanol–water partition coefficient (Wildman–Crippen LogP) is 3.72. The van der Waals surface area contributed by atoms with E-state index in [1.54, 1.807) is 14.2 Å². The lowest BCUT2D eigenvalue weighted by Crippen LogP contribution is -2.05. The molecule has 0 saturated heterocycles. The van der Waals surface area contributed by atoms with Crippen LogP contribution >= 0.6 is 0 Å². The van der Waals surface area contributed by atoms with Gasteiger partial charge in [-0.3, -0.25) is 0 Å². The van der Waals surface area contributed by atoms with Crippen LogP contribution in [0, 0.1) is 0 Å². The number of hydrogen-bond acceptors (Lipinski definition) is 4. The van der Waals surface area contributed by atoms with Gasteiger partial charge in [0, 0.05) is 19.2 Å². The topological polar surface area (TPSA) is 48.3 Å². The molecule has 0 aliphatic rings. The Morgan fingerprint density at radius 2 is 1.75 bits per heavy atom. The summed E-state index contributed by atoms with van der Waals surface area (Å²) in [5.41, 5.74) is 3.27. The Morgan fingerprint density at radius 1 is 1.00 bits per heavy atom. The van der Waals surface area contributed by atoms with E-state index in [9.17, 15) is 0 Å². The fourth-order valence-electron chi connectivity index (χ4n) is 2.55. The van der Waals surface area contributed by atoms with Gasteiger partial charge in [0.2, 0.25) is 5.95 Å². The molecule has 0 fully saturated rings. The van der Waals surface area contributed by atoms with Crippen molar-refractivity contribution in [1.82, 2.24) is 9.55 Å². The zero-order valence-corrected chi connectivity index (χ0v) is 14.1. The van der Waals surface area contributed by atoms with Crippen molar-refractivity contribution in [3.05, 3.63) is 60.3 Å². The molecule has 0 radical (unpaired) electrons. The van der Waals surface area contributed by atoms with Crippen LogP contribution in [0.5, 0.6) is 11.5 Å². The molecule has 0 aliphatic carbocycles. The normalized spacial score (nSPS) is 10.5. The van der Waals surface area contributed by atoms with E-state index in [-0.39, 0.29) is 0 Å². The van der Waals surface area contributed by atoms with E-state index < -0.39 is 0 Å². The number of ether oxygens (including phenoxy) is 2. The fourth-order valence-corrected chi connectivity index (χ4v) is 2.55. The van der Waals surface area contributed by atoms with Crippen molar-refractivity contribution in [2.75, 3.05) is 19.5 Å². The minimum Gasteiger partial charge on any atom is -0.497 e. The zero-order chi connectivity index (χ0) is 16.9. The molecule has 0 spiro atoms. The summed E-state index contributed by atoms with van der Waals surface area (Å²) >= 11 is 0. The second-order valence-electron chi connectivity index (χ2n) is 5.46. The monoisotopic (exact) mass is 323 g/mol. The van der Waals surface area contributed by atoms with Crippen molar-refractivity contribution in [3.63, 3.8) is 0 Å². The van der Waals surface area contributed by atoms with Gasteiger partial charge in [-0.2, -0.15) is 0 Å². The standard InChI is InChI=1S/C19H21N3O2/c1-22-18(15-5-4-6-17(11-15)24-3)13-21-19(22)20-12-14-7-9-16(23-2)10-8-14/h4-11,13H,12H2,1-3H3,(H,20,21). The van der Waals surface area contributed by atoms with Crippen LogP contribution in [0.2, 0.25) is 0 Å². The van der Waals surface area contributed by atoms with Gasteiger partial charge in [0.05, 0.1) is 26.1 Å². The Labute approximate surface area is 141 Å².